The van der Waals surface area contributed by atoms with Crippen LogP contribution in [0.3, 0.4) is 0 Å². The number of rotatable bonds is 4. The van der Waals surface area contributed by atoms with Gasteiger partial charge in [0.25, 0.3) is 0 Å². The second-order valence-corrected chi connectivity index (χ2v) is 5.83. The number of halogens is 3. The quantitative estimate of drug-likeness (QED) is 0.739. The minimum atomic E-state index is -4.30. The summed E-state index contributed by atoms with van der Waals surface area (Å²) in [7, 11) is 1.93. The number of likely N-dealkylation sites (N-methyl/N-ethyl adjacent to an activating group) is 1. The van der Waals surface area contributed by atoms with E-state index in [2.05, 4.69) is 11.8 Å². The van der Waals surface area contributed by atoms with Crippen molar-refractivity contribution >= 4 is 0 Å². The van der Waals surface area contributed by atoms with Crippen molar-refractivity contribution in [2.45, 2.75) is 25.6 Å². The summed E-state index contributed by atoms with van der Waals surface area (Å²) in [6, 6.07) is 15.3. The number of hydrogen-bond acceptors (Lipinski definition) is 1. The van der Waals surface area contributed by atoms with Gasteiger partial charge in [0.1, 0.15) is 0 Å². The molecule has 1 nitrogen and oxygen atoms in total. The average Bonchev–Trinajstić information content (AvgIpc) is 2.55. The predicted molar refractivity (Wildman–Crippen MR) is 90.6 cm³/mol. The average molecular weight is 331 g/mol. The molecule has 4 heteroatoms. The predicted octanol–water partition coefficient (Wildman–Crippen LogP) is 4.62. The lowest BCUT2D eigenvalue weighted by molar-refractivity contribution is -0.137. The molecule has 2 rings (SSSR count). The number of hydrogen-bond donors (Lipinski definition) is 0. The molecule has 0 fully saturated rings. The molecule has 0 saturated carbocycles. The van der Waals surface area contributed by atoms with Gasteiger partial charge in [-0.1, -0.05) is 48.2 Å². The lowest BCUT2D eigenvalue weighted by atomic mass is 10.0. The number of benzene rings is 2. The second-order valence-electron chi connectivity index (χ2n) is 5.83. The van der Waals surface area contributed by atoms with Gasteiger partial charge in [0.15, 0.2) is 0 Å². The van der Waals surface area contributed by atoms with E-state index in [1.807, 2.05) is 49.2 Å². The highest BCUT2D eigenvalue weighted by Crippen LogP contribution is 2.29. The normalized spacial score (nSPS) is 12.6. The third-order valence-electron chi connectivity index (χ3n) is 3.87. The van der Waals surface area contributed by atoms with Crippen LogP contribution in [0, 0.1) is 11.8 Å². The summed E-state index contributed by atoms with van der Waals surface area (Å²) in [6.45, 7) is 2.56. The maximum Gasteiger partial charge on any atom is 0.416 e. The molecule has 1 atom stereocenters. The van der Waals surface area contributed by atoms with Crippen LogP contribution >= 0.6 is 0 Å². The van der Waals surface area contributed by atoms with E-state index in [1.165, 1.54) is 12.1 Å². The molecule has 2 aromatic carbocycles. The van der Waals surface area contributed by atoms with Gasteiger partial charge in [-0.2, -0.15) is 13.2 Å². The Labute approximate surface area is 141 Å². The van der Waals surface area contributed by atoms with Gasteiger partial charge in [0, 0.05) is 11.6 Å². The van der Waals surface area contributed by atoms with Gasteiger partial charge in [-0.15, -0.1) is 0 Å². The van der Waals surface area contributed by atoms with Crippen LogP contribution in [0.15, 0.2) is 54.6 Å². The van der Waals surface area contributed by atoms with Crippen molar-refractivity contribution in [1.82, 2.24) is 4.90 Å². The van der Waals surface area contributed by atoms with E-state index in [1.54, 1.807) is 6.07 Å². The summed E-state index contributed by atoms with van der Waals surface area (Å²) < 4.78 is 38.3. The Hall–Kier alpha value is -2.25. The molecule has 0 saturated heterocycles. The molecule has 0 bridgehead atoms. The van der Waals surface area contributed by atoms with Gasteiger partial charge in [-0.3, -0.25) is 4.90 Å². The molecule has 0 radical (unpaired) electrons. The SMILES string of the molecule is C[C@H](Cc1cccc(C(F)(F)F)c1)N(C)CC#Cc1ccccc1. The fourth-order valence-corrected chi connectivity index (χ4v) is 2.32. The third kappa shape index (κ3) is 5.43. The summed E-state index contributed by atoms with van der Waals surface area (Å²) in [5.74, 6) is 6.18. The van der Waals surface area contributed by atoms with Crippen molar-refractivity contribution in [3.8, 4) is 11.8 Å². The maximum atomic E-state index is 12.8. The highest BCUT2D eigenvalue weighted by Gasteiger charge is 2.30. The number of alkyl halides is 3. The van der Waals surface area contributed by atoms with Crippen molar-refractivity contribution in [2.24, 2.45) is 0 Å². The Balaban J connectivity index is 1.95. The van der Waals surface area contributed by atoms with E-state index in [-0.39, 0.29) is 6.04 Å². The molecule has 24 heavy (non-hydrogen) atoms. The van der Waals surface area contributed by atoms with E-state index in [9.17, 15) is 13.2 Å². The van der Waals surface area contributed by atoms with Crippen LogP contribution in [-0.2, 0) is 12.6 Å². The summed E-state index contributed by atoms with van der Waals surface area (Å²) >= 11 is 0. The zero-order valence-electron chi connectivity index (χ0n) is 13.8. The van der Waals surface area contributed by atoms with Crippen molar-refractivity contribution in [1.29, 1.82) is 0 Å². The summed E-state index contributed by atoms with van der Waals surface area (Å²) in [5.41, 5.74) is 1.04. The molecule has 0 aliphatic rings. The fraction of sp³-hybridized carbons (Fsp3) is 0.300. The maximum absolute atomic E-state index is 12.8. The lowest BCUT2D eigenvalue weighted by Gasteiger charge is -2.22. The molecule has 0 N–H and O–H groups in total. The minimum absolute atomic E-state index is 0.0959. The Morgan fingerprint density at radius 2 is 1.75 bits per heavy atom. The van der Waals surface area contributed by atoms with E-state index >= 15 is 0 Å². The highest BCUT2D eigenvalue weighted by atomic mass is 19.4. The van der Waals surface area contributed by atoms with Gasteiger partial charge in [0.05, 0.1) is 12.1 Å². The van der Waals surface area contributed by atoms with Crippen molar-refractivity contribution in [3.05, 3.63) is 71.3 Å². The van der Waals surface area contributed by atoms with Crippen LogP contribution in [0.2, 0.25) is 0 Å². The van der Waals surface area contributed by atoms with Crippen LogP contribution in [-0.4, -0.2) is 24.5 Å². The molecular weight excluding hydrogens is 311 g/mol. The Bertz CT molecular complexity index is 711. The molecule has 126 valence electrons. The van der Waals surface area contributed by atoms with Crippen molar-refractivity contribution < 1.29 is 13.2 Å². The monoisotopic (exact) mass is 331 g/mol. The highest BCUT2D eigenvalue weighted by molar-refractivity contribution is 5.33. The summed E-state index contributed by atoms with van der Waals surface area (Å²) in [6.07, 6.45) is -3.75. The first-order chi connectivity index (χ1) is 11.4. The van der Waals surface area contributed by atoms with E-state index in [0.29, 0.717) is 18.5 Å². The van der Waals surface area contributed by atoms with Crippen LogP contribution in [0.25, 0.3) is 0 Å². The van der Waals surface area contributed by atoms with Gasteiger partial charge in [-0.25, -0.2) is 0 Å². The fourth-order valence-electron chi connectivity index (χ4n) is 2.32. The molecule has 0 spiro atoms. The Morgan fingerprint density at radius 1 is 1.04 bits per heavy atom. The third-order valence-corrected chi connectivity index (χ3v) is 3.87. The molecule has 0 aliphatic heterocycles. The smallest absolute Gasteiger partial charge is 0.292 e. The molecule has 0 heterocycles. The van der Waals surface area contributed by atoms with Crippen LogP contribution in [0.1, 0.15) is 23.6 Å². The summed E-state index contributed by atoms with van der Waals surface area (Å²) in [4.78, 5) is 2.04. The molecule has 2 aromatic rings. The first kappa shape index (κ1) is 18.1. The van der Waals surface area contributed by atoms with Gasteiger partial charge in [0.2, 0.25) is 0 Å². The Kier molecular flexibility index (Phi) is 6.05. The summed E-state index contributed by atoms with van der Waals surface area (Å²) in [5, 5.41) is 0. The largest absolute Gasteiger partial charge is 0.416 e. The van der Waals surface area contributed by atoms with Crippen LogP contribution in [0.5, 0.6) is 0 Å². The van der Waals surface area contributed by atoms with E-state index < -0.39 is 11.7 Å². The molecule has 0 amide bonds. The molecular formula is C20H20F3N. The van der Waals surface area contributed by atoms with Gasteiger partial charge < -0.3 is 0 Å². The van der Waals surface area contributed by atoms with Crippen LogP contribution < -0.4 is 0 Å². The van der Waals surface area contributed by atoms with E-state index in [0.717, 1.165) is 11.6 Å². The number of nitrogens with zero attached hydrogens (tertiary/aromatic N) is 1. The first-order valence-electron chi connectivity index (χ1n) is 7.76. The first-order valence-corrected chi connectivity index (χ1v) is 7.76. The second kappa shape index (κ2) is 8.03. The van der Waals surface area contributed by atoms with Crippen molar-refractivity contribution in [2.75, 3.05) is 13.6 Å². The standard InChI is InChI=1S/C20H20F3N/c1-16(14-18-10-6-12-19(15-18)20(21,22)23)24(2)13-7-11-17-8-4-3-5-9-17/h3-6,8-10,12,15-16H,13-14H2,1-2H3/t16-/m1/s1. The molecule has 0 unspecified atom stereocenters. The van der Waals surface area contributed by atoms with Gasteiger partial charge >= 0.3 is 6.18 Å². The zero-order valence-corrected chi connectivity index (χ0v) is 13.8. The van der Waals surface area contributed by atoms with Crippen molar-refractivity contribution in [3.63, 3.8) is 0 Å². The zero-order chi connectivity index (χ0) is 17.6. The van der Waals surface area contributed by atoms with Crippen LogP contribution in [0.4, 0.5) is 13.2 Å². The topological polar surface area (TPSA) is 3.24 Å². The Morgan fingerprint density at radius 3 is 2.42 bits per heavy atom. The van der Waals surface area contributed by atoms with E-state index in [4.69, 9.17) is 0 Å². The molecule has 0 aromatic heterocycles. The van der Waals surface area contributed by atoms with Gasteiger partial charge in [-0.05, 0) is 44.2 Å². The molecule has 0 aliphatic carbocycles. The lowest BCUT2D eigenvalue weighted by Crippen LogP contribution is -2.31. The minimum Gasteiger partial charge on any atom is -0.292 e.